The van der Waals surface area contributed by atoms with E-state index >= 15 is 0 Å². The van der Waals surface area contributed by atoms with E-state index in [1.165, 1.54) is 7.11 Å². The number of hydrogen-bond donors (Lipinski definition) is 0. The van der Waals surface area contributed by atoms with Gasteiger partial charge in [-0.25, -0.2) is 4.90 Å². The summed E-state index contributed by atoms with van der Waals surface area (Å²) in [6, 6.07) is 6.43. The van der Waals surface area contributed by atoms with Crippen LogP contribution in [0, 0.1) is 10.4 Å². The number of methoxy groups -OCH3 is 1. The molecule has 6 heteroatoms. The average molecular weight is 179 g/mol. The standard InChI is InChI=1S/C8H7NO3.2Li/c1-12-8-4-2-7(3-5-8)6-9(10)11;;/h2-5H,1H3;;/q-2;2*+1. The molecule has 0 amide bonds. The Balaban J connectivity index is 0. The van der Waals surface area contributed by atoms with E-state index in [1.807, 2.05) is 6.21 Å². The van der Waals surface area contributed by atoms with Crippen LogP contribution in [-0.4, -0.2) is 18.2 Å². The summed E-state index contributed by atoms with van der Waals surface area (Å²) >= 11 is 0. The molecule has 0 heterocycles. The van der Waals surface area contributed by atoms with E-state index < -0.39 is 4.90 Å². The van der Waals surface area contributed by atoms with E-state index in [0.717, 1.165) is 0 Å². The minimum Gasteiger partial charge on any atom is -0.624 e. The Morgan fingerprint density at radius 2 is 1.64 bits per heavy atom. The normalized spacial score (nSPS) is 7.79. The molecule has 0 spiro atoms. The maximum absolute atomic E-state index is 9.99. The summed E-state index contributed by atoms with van der Waals surface area (Å²) in [7, 11) is 1.54. The summed E-state index contributed by atoms with van der Waals surface area (Å²) in [5, 5.41) is 20.0. The second-order valence-electron chi connectivity index (χ2n) is 2.10. The predicted molar refractivity (Wildman–Crippen MR) is 44.1 cm³/mol. The summed E-state index contributed by atoms with van der Waals surface area (Å²) in [4.78, 5) is -0.609. The Morgan fingerprint density at radius 1 is 1.14 bits per heavy atom. The van der Waals surface area contributed by atoms with Gasteiger partial charge < -0.3 is 15.2 Å². The quantitative estimate of drug-likeness (QED) is 0.150. The monoisotopic (exact) mass is 179 g/mol. The number of rotatable bonds is 2. The molecule has 0 aliphatic carbocycles. The van der Waals surface area contributed by atoms with Gasteiger partial charge in [0.2, 0.25) is 0 Å². The van der Waals surface area contributed by atoms with Gasteiger partial charge in [0.15, 0.2) is 0 Å². The third-order valence-electron chi connectivity index (χ3n) is 1.31. The summed E-state index contributed by atoms with van der Waals surface area (Å²) in [6.45, 7) is 0. The van der Waals surface area contributed by atoms with Crippen LogP contribution in [0.25, 0.3) is 0 Å². The third-order valence-corrected chi connectivity index (χ3v) is 1.31. The summed E-state index contributed by atoms with van der Waals surface area (Å²) in [5.41, 5.74) is 0.431. The van der Waals surface area contributed by atoms with Crippen molar-refractivity contribution in [1.29, 1.82) is 0 Å². The first-order valence-corrected chi connectivity index (χ1v) is 3.27. The van der Waals surface area contributed by atoms with Gasteiger partial charge in [-0.1, -0.05) is 12.1 Å². The largest absolute Gasteiger partial charge is 1.00 e. The molecule has 1 aromatic rings. The third kappa shape index (κ3) is 5.27. The molecule has 0 aromatic heterocycles. The van der Waals surface area contributed by atoms with Crippen LogP contribution in [0.1, 0.15) is 5.56 Å². The number of nitrogens with zero attached hydrogens (tertiary/aromatic N) is 1. The molecule has 0 bridgehead atoms. The Morgan fingerprint density at radius 3 is 2.00 bits per heavy atom. The Hall–Kier alpha value is -0.515. The van der Waals surface area contributed by atoms with Crippen LogP contribution in [0.5, 0.6) is 5.75 Å². The molecule has 0 fully saturated rings. The summed E-state index contributed by atoms with van der Waals surface area (Å²) in [5.74, 6) is 0.670. The van der Waals surface area contributed by atoms with Gasteiger partial charge in [0, 0.05) is 0 Å². The topological polar surface area (TPSA) is 58.4 Å². The van der Waals surface area contributed by atoms with Crippen LogP contribution in [0.3, 0.4) is 0 Å². The molecule has 4 nitrogen and oxygen atoms in total. The fourth-order valence-corrected chi connectivity index (χ4v) is 0.771. The fourth-order valence-electron chi connectivity index (χ4n) is 0.771. The maximum atomic E-state index is 9.99. The molecule has 0 saturated heterocycles. The van der Waals surface area contributed by atoms with Gasteiger partial charge in [-0.2, -0.15) is 12.1 Å². The second-order valence-corrected chi connectivity index (χ2v) is 2.10. The number of ether oxygens (including phenoxy) is 1. The first-order chi connectivity index (χ1) is 5.72. The van der Waals surface area contributed by atoms with Crippen LogP contribution in [-0.2, 0) is 0 Å². The van der Waals surface area contributed by atoms with Crippen molar-refractivity contribution in [3.8, 4) is 5.75 Å². The van der Waals surface area contributed by atoms with E-state index in [4.69, 9.17) is 4.74 Å². The molecule has 64 valence electrons. The minimum atomic E-state index is -0.609. The van der Waals surface area contributed by atoms with Crippen molar-refractivity contribution in [2.24, 2.45) is 0 Å². The van der Waals surface area contributed by atoms with E-state index in [1.54, 1.807) is 24.3 Å². The fraction of sp³-hybridized carbons (Fsp3) is 0.125. The molecule has 0 aliphatic heterocycles. The maximum Gasteiger partial charge on any atom is 1.00 e. The molecular formula is C8H7Li2NO3. The smallest absolute Gasteiger partial charge is 0.624 e. The Bertz CT molecular complexity index is 283. The van der Waals surface area contributed by atoms with Gasteiger partial charge in [0.1, 0.15) is 6.21 Å². The molecule has 0 N–H and O–H groups in total. The van der Waals surface area contributed by atoms with Crippen LogP contribution >= 0.6 is 0 Å². The van der Waals surface area contributed by atoms with E-state index in [0.29, 0.717) is 11.3 Å². The van der Waals surface area contributed by atoms with Crippen molar-refractivity contribution < 1.29 is 47.4 Å². The molecular weight excluding hydrogens is 172 g/mol. The SMILES string of the molecule is COc1ccc([C-]=[N+]([O-])[O-])cc1.[Li+].[Li+]. The van der Waals surface area contributed by atoms with E-state index in [2.05, 4.69) is 0 Å². The van der Waals surface area contributed by atoms with Gasteiger partial charge in [0.25, 0.3) is 0 Å². The zero-order valence-corrected chi connectivity index (χ0v) is 8.48. The average Bonchev–Trinajstić information content (AvgIpc) is 2.05. The van der Waals surface area contributed by atoms with Gasteiger partial charge >= 0.3 is 37.7 Å². The Labute approximate surface area is 106 Å². The molecule has 0 saturated carbocycles. The molecule has 0 unspecified atom stereocenters. The first-order valence-electron chi connectivity index (χ1n) is 3.27. The molecule has 0 atom stereocenters. The van der Waals surface area contributed by atoms with Gasteiger partial charge in [-0.05, 0) is 0 Å². The summed E-state index contributed by atoms with van der Waals surface area (Å²) < 4.78 is 4.88. The van der Waals surface area contributed by atoms with Crippen molar-refractivity contribution in [2.75, 3.05) is 7.11 Å². The van der Waals surface area contributed by atoms with Crippen molar-refractivity contribution in [3.63, 3.8) is 0 Å². The van der Waals surface area contributed by atoms with Crippen molar-refractivity contribution >= 4 is 6.21 Å². The first kappa shape index (κ1) is 15.9. The number of hydrogen-bond acceptors (Lipinski definition) is 3. The van der Waals surface area contributed by atoms with Crippen LogP contribution in [0.15, 0.2) is 24.3 Å². The zero-order chi connectivity index (χ0) is 8.97. The summed E-state index contributed by atoms with van der Waals surface area (Å²) in [6.07, 6.45) is 2.02. The van der Waals surface area contributed by atoms with Crippen molar-refractivity contribution in [2.45, 2.75) is 0 Å². The van der Waals surface area contributed by atoms with Gasteiger partial charge in [-0.3, -0.25) is 0 Å². The minimum absolute atomic E-state index is 0. The van der Waals surface area contributed by atoms with Crippen LogP contribution in [0.2, 0.25) is 0 Å². The molecule has 14 heavy (non-hydrogen) atoms. The predicted octanol–water partition coefficient (Wildman–Crippen LogP) is -4.99. The van der Waals surface area contributed by atoms with E-state index in [-0.39, 0.29) is 37.7 Å². The molecule has 0 aliphatic rings. The molecule has 0 radical (unpaired) electrons. The molecule has 1 aromatic carbocycles. The van der Waals surface area contributed by atoms with Crippen LogP contribution in [0.4, 0.5) is 0 Å². The van der Waals surface area contributed by atoms with Crippen molar-refractivity contribution in [1.82, 2.24) is 0 Å². The van der Waals surface area contributed by atoms with Gasteiger partial charge in [0.05, 0.1) is 12.9 Å². The van der Waals surface area contributed by atoms with Crippen LogP contribution < -0.4 is 42.5 Å². The second kappa shape index (κ2) is 7.85. The Kier molecular flexibility index (Phi) is 8.93. The van der Waals surface area contributed by atoms with Crippen molar-refractivity contribution in [3.05, 3.63) is 40.2 Å². The molecule has 1 rings (SSSR count). The zero-order valence-electron chi connectivity index (χ0n) is 8.48. The van der Waals surface area contributed by atoms with Gasteiger partial charge in [-0.15, -0.1) is 5.56 Å². The number of benzene rings is 1. The van der Waals surface area contributed by atoms with E-state index in [9.17, 15) is 10.4 Å².